The maximum atomic E-state index is 5.56. The van der Waals surface area contributed by atoms with Crippen LogP contribution in [0.15, 0.2) is 30.3 Å². The predicted molar refractivity (Wildman–Crippen MR) is 66.4 cm³/mol. The third-order valence-corrected chi connectivity index (χ3v) is 3.28. The first kappa shape index (κ1) is 11.6. The Balaban J connectivity index is 1.75. The molecule has 1 atom stereocenters. The van der Waals surface area contributed by atoms with Gasteiger partial charge in [-0.3, -0.25) is 0 Å². The Morgan fingerprint density at radius 1 is 1.31 bits per heavy atom. The van der Waals surface area contributed by atoms with Crippen molar-refractivity contribution in [3.05, 3.63) is 35.9 Å². The maximum absolute atomic E-state index is 5.56. The number of rotatable bonds is 5. The number of hydrogen-bond donors (Lipinski definition) is 1. The van der Waals surface area contributed by atoms with Gasteiger partial charge in [-0.1, -0.05) is 30.3 Å². The molecule has 1 aromatic carbocycles. The molecule has 2 rings (SSSR count). The van der Waals surface area contributed by atoms with E-state index in [9.17, 15) is 0 Å². The number of ether oxygens (including phenoxy) is 1. The van der Waals surface area contributed by atoms with Crippen LogP contribution in [0.1, 0.15) is 38.3 Å². The Labute approximate surface area is 98.0 Å². The van der Waals surface area contributed by atoms with Crippen LogP contribution in [0.4, 0.5) is 0 Å². The second kappa shape index (κ2) is 5.46. The Bertz CT molecular complexity index is 306. The predicted octanol–water partition coefficient (Wildman–Crippen LogP) is 2.90. The van der Waals surface area contributed by atoms with Gasteiger partial charge >= 0.3 is 0 Å². The van der Waals surface area contributed by atoms with Gasteiger partial charge in [-0.05, 0) is 32.3 Å². The van der Waals surface area contributed by atoms with Crippen LogP contribution in [0.25, 0.3) is 0 Å². The molecule has 0 radical (unpaired) electrons. The largest absolute Gasteiger partial charge is 0.378 e. The van der Waals surface area contributed by atoms with Crippen molar-refractivity contribution in [3.63, 3.8) is 0 Å². The van der Waals surface area contributed by atoms with Crippen LogP contribution in [0.2, 0.25) is 0 Å². The summed E-state index contributed by atoms with van der Waals surface area (Å²) in [6.45, 7) is 5.13. The Morgan fingerprint density at radius 2 is 2.00 bits per heavy atom. The van der Waals surface area contributed by atoms with Crippen molar-refractivity contribution < 1.29 is 4.74 Å². The molecule has 16 heavy (non-hydrogen) atoms. The lowest BCUT2D eigenvalue weighted by Gasteiger charge is -2.37. The highest BCUT2D eigenvalue weighted by atomic mass is 16.5. The molecule has 0 amide bonds. The quantitative estimate of drug-likeness (QED) is 0.822. The third kappa shape index (κ3) is 2.83. The molecule has 1 aromatic rings. The van der Waals surface area contributed by atoms with Gasteiger partial charge in [-0.25, -0.2) is 0 Å². The van der Waals surface area contributed by atoms with Crippen molar-refractivity contribution in [2.24, 2.45) is 0 Å². The molecule has 0 spiro atoms. The van der Waals surface area contributed by atoms with Crippen molar-refractivity contribution in [2.75, 3.05) is 6.61 Å². The standard InChI is InChI=1S/C14H21NO/c1-3-16-14-9-13(10-14)15-11(2)12-7-5-4-6-8-12/h4-8,11,13-15H,3,9-10H2,1-2H3. The monoisotopic (exact) mass is 219 g/mol. The average Bonchev–Trinajstić information content (AvgIpc) is 2.27. The molecule has 1 fully saturated rings. The minimum atomic E-state index is 0.439. The van der Waals surface area contributed by atoms with Crippen LogP contribution in [-0.4, -0.2) is 18.8 Å². The van der Waals surface area contributed by atoms with E-state index in [0.29, 0.717) is 18.2 Å². The first-order chi connectivity index (χ1) is 7.79. The summed E-state index contributed by atoms with van der Waals surface area (Å²) >= 11 is 0. The SMILES string of the molecule is CCOC1CC(NC(C)c2ccccc2)C1. The van der Waals surface area contributed by atoms with Gasteiger partial charge in [0.2, 0.25) is 0 Å². The Kier molecular flexibility index (Phi) is 3.97. The Morgan fingerprint density at radius 3 is 2.62 bits per heavy atom. The molecule has 2 heteroatoms. The second-order valence-corrected chi connectivity index (χ2v) is 4.54. The summed E-state index contributed by atoms with van der Waals surface area (Å²) in [7, 11) is 0. The molecule has 1 unspecified atom stereocenters. The highest BCUT2D eigenvalue weighted by molar-refractivity contribution is 5.18. The molecule has 0 saturated heterocycles. The van der Waals surface area contributed by atoms with Crippen LogP contribution >= 0.6 is 0 Å². The van der Waals surface area contributed by atoms with E-state index in [4.69, 9.17) is 4.74 Å². The molecule has 1 N–H and O–H groups in total. The topological polar surface area (TPSA) is 21.3 Å². The van der Waals surface area contributed by atoms with Crippen LogP contribution in [-0.2, 0) is 4.74 Å². The summed E-state index contributed by atoms with van der Waals surface area (Å²) in [5.74, 6) is 0. The lowest BCUT2D eigenvalue weighted by Crippen LogP contribution is -2.46. The minimum absolute atomic E-state index is 0.439. The molecule has 1 saturated carbocycles. The Hall–Kier alpha value is -0.860. The van der Waals surface area contributed by atoms with Crippen molar-refractivity contribution >= 4 is 0 Å². The lowest BCUT2D eigenvalue weighted by molar-refractivity contribution is -0.0120. The van der Waals surface area contributed by atoms with Crippen molar-refractivity contribution in [1.82, 2.24) is 5.32 Å². The van der Waals surface area contributed by atoms with E-state index < -0.39 is 0 Å². The summed E-state index contributed by atoms with van der Waals surface area (Å²) in [4.78, 5) is 0. The highest BCUT2D eigenvalue weighted by Crippen LogP contribution is 2.26. The zero-order valence-corrected chi connectivity index (χ0v) is 10.1. The number of hydrogen-bond acceptors (Lipinski definition) is 2. The zero-order chi connectivity index (χ0) is 11.4. The molecule has 1 aliphatic rings. The van der Waals surface area contributed by atoms with E-state index in [1.165, 1.54) is 5.56 Å². The second-order valence-electron chi connectivity index (χ2n) is 4.54. The minimum Gasteiger partial charge on any atom is -0.378 e. The van der Waals surface area contributed by atoms with E-state index in [1.807, 2.05) is 0 Å². The third-order valence-electron chi connectivity index (χ3n) is 3.28. The van der Waals surface area contributed by atoms with Gasteiger partial charge in [-0.15, -0.1) is 0 Å². The van der Waals surface area contributed by atoms with E-state index in [0.717, 1.165) is 19.4 Å². The van der Waals surface area contributed by atoms with Crippen molar-refractivity contribution in [3.8, 4) is 0 Å². The van der Waals surface area contributed by atoms with Gasteiger partial charge < -0.3 is 10.1 Å². The lowest BCUT2D eigenvalue weighted by atomic mass is 9.88. The molecule has 88 valence electrons. The summed E-state index contributed by atoms with van der Waals surface area (Å²) in [5, 5.41) is 3.64. The molecule has 0 heterocycles. The first-order valence-corrected chi connectivity index (χ1v) is 6.22. The molecular formula is C14H21NO. The average molecular weight is 219 g/mol. The van der Waals surface area contributed by atoms with Crippen LogP contribution < -0.4 is 5.32 Å². The number of benzene rings is 1. The summed E-state index contributed by atoms with van der Waals surface area (Å²) in [6, 6.07) is 11.7. The number of nitrogens with one attached hydrogen (secondary N) is 1. The van der Waals surface area contributed by atoms with Crippen molar-refractivity contribution in [1.29, 1.82) is 0 Å². The summed E-state index contributed by atoms with van der Waals surface area (Å²) in [6.07, 6.45) is 2.81. The van der Waals surface area contributed by atoms with Crippen LogP contribution in [0, 0.1) is 0 Å². The van der Waals surface area contributed by atoms with Crippen molar-refractivity contribution in [2.45, 2.75) is 44.9 Å². The van der Waals surface area contributed by atoms with Gasteiger partial charge in [0, 0.05) is 18.7 Å². The smallest absolute Gasteiger partial charge is 0.0604 e. The summed E-state index contributed by atoms with van der Waals surface area (Å²) < 4.78 is 5.56. The molecule has 0 bridgehead atoms. The normalized spacial score (nSPS) is 26.1. The van der Waals surface area contributed by atoms with Gasteiger partial charge in [0.1, 0.15) is 0 Å². The van der Waals surface area contributed by atoms with Crippen LogP contribution in [0.3, 0.4) is 0 Å². The molecule has 1 aliphatic carbocycles. The fourth-order valence-corrected chi connectivity index (χ4v) is 2.27. The van der Waals surface area contributed by atoms with Gasteiger partial charge in [0.05, 0.1) is 6.10 Å². The van der Waals surface area contributed by atoms with E-state index >= 15 is 0 Å². The zero-order valence-electron chi connectivity index (χ0n) is 10.1. The van der Waals surface area contributed by atoms with Gasteiger partial charge in [0.15, 0.2) is 0 Å². The van der Waals surface area contributed by atoms with Crippen LogP contribution in [0.5, 0.6) is 0 Å². The molecule has 0 aliphatic heterocycles. The van der Waals surface area contributed by atoms with Gasteiger partial charge in [0.25, 0.3) is 0 Å². The van der Waals surface area contributed by atoms with E-state index in [1.54, 1.807) is 0 Å². The molecular weight excluding hydrogens is 198 g/mol. The maximum Gasteiger partial charge on any atom is 0.0604 e. The molecule has 2 nitrogen and oxygen atoms in total. The highest BCUT2D eigenvalue weighted by Gasteiger charge is 2.30. The fraction of sp³-hybridized carbons (Fsp3) is 0.571. The summed E-state index contributed by atoms with van der Waals surface area (Å²) in [5.41, 5.74) is 1.36. The van der Waals surface area contributed by atoms with E-state index in [-0.39, 0.29) is 0 Å². The van der Waals surface area contributed by atoms with Gasteiger partial charge in [-0.2, -0.15) is 0 Å². The first-order valence-electron chi connectivity index (χ1n) is 6.22. The van der Waals surface area contributed by atoms with E-state index in [2.05, 4.69) is 49.5 Å². The molecule has 0 aromatic heterocycles. The fourth-order valence-electron chi connectivity index (χ4n) is 2.27.